The number of hydrogen-bond acceptors (Lipinski definition) is 4. The molecule has 3 N–H and O–H groups in total. The topological polar surface area (TPSA) is 68.0 Å². The highest BCUT2D eigenvalue weighted by molar-refractivity contribution is 7.18. The molecule has 1 aromatic rings. The van der Waals surface area contributed by atoms with E-state index in [4.69, 9.17) is 29.0 Å². The van der Waals surface area contributed by atoms with E-state index in [1.165, 1.54) is 0 Å². The molecule has 0 aliphatic heterocycles. The summed E-state index contributed by atoms with van der Waals surface area (Å²) >= 11 is 12.0. The normalized spacial score (nSPS) is 9.73. The number of nitrogens with two attached hydrogens (primary N) is 1. The van der Waals surface area contributed by atoms with Crippen molar-refractivity contribution in [2.75, 3.05) is 0 Å². The van der Waals surface area contributed by atoms with Gasteiger partial charge in [0, 0.05) is 0 Å². The average Bonchev–Trinajstić information content (AvgIpc) is 2.31. The van der Waals surface area contributed by atoms with E-state index in [0.717, 1.165) is 11.3 Å². The molecule has 0 aliphatic carbocycles. The molecule has 0 aromatic carbocycles. The number of nitrogens with zero attached hydrogens (tertiary/aromatic N) is 1. The van der Waals surface area contributed by atoms with Crippen LogP contribution in [-0.4, -0.2) is 10.9 Å². The van der Waals surface area contributed by atoms with Crippen molar-refractivity contribution in [3.05, 3.63) is 14.5 Å². The maximum Gasteiger partial charge on any atom is 0.294 e. The summed E-state index contributed by atoms with van der Waals surface area (Å²) in [5, 5.41) is 0.276. The zero-order valence-electron chi connectivity index (χ0n) is 5.10. The van der Waals surface area contributed by atoms with Crippen LogP contribution in [-0.2, 0) is 0 Å². The molecule has 0 atom stereocenters. The third-order valence-electron chi connectivity index (χ3n) is 0.874. The standard InChI is InChI=1S/C4H3Cl2N3OS/c5-1-2(6)11-4(8-1)3(10)9-7/h7H2,(H,9,10). The van der Waals surface area contributed by atoms with E-state index in [2.05, 4.69) is 4.98 Å². The van der Waals surface area contributed by atoms with Crippen molar-refractivity contribution in [3.63, 3.8) is 0 Å². The number of carbonyl (C=O) groups excluding carboxylic acids is 1. The van der Waals surface area contributed by atoms with E-state index in [-0.39, 0.29) is 14.5 Å². The molecule has 0 spiro atoms. The first kappa shape index (κ1) is 8.73. The fraction of sp³-hybridized carbons (Fsp3) is 0. The van der Waals surface area contributed by atoms with Crippen LogP contribution in [0.3, 0.4) is 0 Å². The highest BCUT2D eigenvalue weighted by Gasteiger charge is 2.12. The number of halogens is 2. The van der Waals surface area contributed by atoms with Crippen LogP contribution in [0.15, 0.2) is 0 Å². The Bertz CT molecular complexity index is 267. The second-order valence-electron chi connectivity index (χ2n) is 1.56. The van der Waals surface area contributed by atoms with Gasteiger partial charge in [-0.3, -0.25) is 10.2 Å². The first-order chi connectivity index (χ1) is 5.15. The van der Waals surface area contributed by atoms with Gasteiger partial charge in [0.15, 0.2) is 10.2 Å². The van der Waals surface area contributed by atoms with Crippen molar-refractivity contribution < 1.29 is 4.79 Å². The molecule has 0 unspecified atom stereocenters. The van der Waals surface area contributed by atoms with Crippen molar-refractivity contribution in [1.82, 2.24) is 10.4 Å². The molecule has 0 radical (unpaired) electrons. The van der Waals surface area contributed by atoms with Gasteiger partial charge in [-0.25, -0.2) is 10.8 Å². The number of rotatable bonds is 1. The fourth-order valence-electron chi connectivity index (χ4n) is 0.442. The number of nitrogens with one attached hydrogen (secondary N) is 1. The number of nitrogen functional groups attached to an aromatic ring is 1. The number of aromatic nitrogens is 1. The van der Waals surface area contributed by atoms with Gasteiger partial charge in [0.25, 0.3) is 5.91 Å². The summed E-state index contributed by atoms with van der Waals surface area (Å²) in [4.78, 5) is 14.4. The van der Waals surface area contributed by atoms with Crippen LogP contribution >= 0.6 is 34.5 Å². The van der Waals surface area contributed by atoms with Gasteiger partial charge in [0.2, 0.25) is 0 Å². The summed E-state index contributed by atoms with van der Waals surface area (Å²) in [6.45, 7) is 0. The van der Waals surface area contributed by atoms with Crippen LogP contribution in [0.4, 0.5) is 0 Å². The zero-order chi connectivity index (χ0) is 8.43. The Morgan fingerprint density at radius 2 is 2.27 bits per heavy atom. The second-order valence-corrected chi connectivity index (χ2v) is 3.52. The molecule has 0 saturated carbocycles. The van der Waals surface area contributed by atoms with Gasteiger partial charge in [-0.15, -0.1) is 0 Å². The molecule has 1 aromatic heterocycles. The number of carbonyl (C=O) groups is 1. The maximum atomic E-state index is 10.8. The van der Waals surface area contributed by atoms with Crippen LogP contribution in [0.1, 0.15) is 9.80 Å². The van der Waals surface area contributed by atoms with E-state index in [9.17, 15) is 4.79 Å². The molecule has 4 nitrogen and oxygen atoms in total. The highest BCUT2D eigenvalue weighted by atomic mass is 35.5. The van der Waals surface area contributed by atoms with Crippen LogP contribution in [0.2, 0.25) is 9.49 Å². The molecule has 1 rings (SSSR count). The number of hydrazine groups is 1. The number of hydrogen-bond donors (Lipinski definition) is 2. The van der Waals surface area contributed by atoms with E-state index in [1.807, 2.05) is 5.43 Å². The van der Waals surface area contributed by atoms with Gasteiger partial charge in [-0.05, 0) is 0 Å². The summed E-state index contributed by atoms with van der Waals surface area (Å²) in [6, 6.07) is 0. The van der Waals surface area contributed by atoms with E-state index in [1.54, 1.807) is 0 Å². The lowest BCUT2D eigenvalue weighted by Gasteiger charge is -1.89. The van der Waals surface area contributed by atoms with Crippen molar-refractivity contribution in [1.29, 1.82) is 0 Å². The Morgan fingerprint density at radius 3 is 2.64 bits per heavy atom. The predicted molar refractivity (Wildman–Crippen MR) is 43.8 cm³/mol. The van der Waals surface area contributed by atoms with Crippen LogP contribution in [0.5, 0.6) is 0 Å². The molecule has 1 heterocycles. The van der Waals surface area contributed by atoms with Crippen molar-refractivity contribution in [3.8, 4) is 0 Å². The molecule has 11 heavy (non-hydrogen) atoms. The van der Waals surface area contributed by atoms with Gasteiger partial charge < -0.3 is 0 Å². The third-order valence-corrected chi connectivity index (χ3v) is 2.61. The first-order valence-corrected chi connectivity index (χ1v) is 4.05. The largest absolute Gasteiger partial charge is 0.294 e. The van der Waals surface area contributed by atoms with Crippen molar-refractivity contribution in [2.45, 2.75) is 0 Å². The number of thiazole rings is 1. The Labute approximate surface area is 76.3 Å². The fourth-order valence-corrected chi connectivity index (χ4v) is 1.54. The smallest absolute Gasteiger partial charge is 0.288 e. The highest BCUT2D eigenvalue weighted by Crippen LogP contribution is 2.27. The van der Waals surface area contributed by atoms with Crippen LogP contribution in [0, 0.1) is 0 Å². The van der Waals surface area contributed by atoms with Gasteiger partial charge in [-0.1, -0.05) is 34.5 Å². The maximum absolute atomic E-state index is 10.8. The van der Waals surface area contributed by atoms with E-state index >= 15 is 0 Å². The predicted octanol–water partition coefficient (Wildman–Crippen LogP) is 1.05. The average molecular weight is 212 g/mol. The molecular weight excluding hydrogens is 209 g/mol. The van der Waals surface area contributed by atoms with Gasteiger partial charge in [0.1, 0.15) is 4.34 Å². The van der Waals surface area contributed by atoms with E-state index in [0.29, 0.717) is 0 Å². The van der Waals surface area contributed by atoms with Gasteiger partial charge in [-0.2, -0.15) is 0 Å². The minimum absolute atomic E-state index is 0.121. The summed E-state index contributed by atoms with van der Waals surface area (Å²) < 4.78 is 0.283. The lowest BCUT2D eigenvalue weighted by molar-refractivity contribution is 0.0953. The van der Waals surface area contributed by atoms with Gasteiger partial charge >= 0.3 is 0 Å². The molecule has 0 aliphatic rings. The first-order valence-electron chi connectivity index (χ1n) is 2.48. The molecule has 0 bridgehead atoms. The summed E-state index contributed by atoms with van der Waals surface area (Å²) in [6.07, 6.45) is 0. The van der Waals surface area contributed by atoms with Gasteiger partial charge in [0.05, 0.1) is 0 Å². The van der Waals surface area contributed by atoms with E-state index < -0.39 is 5.91 Å². The lowest BCUT2D eigenvalue weighted by Crippen LogP contribution is -2.29. The van der Waals surface area contributed by atoms with Crippen LogP contribution in [0.25, 0.3) is 0 Å². The Hall–Kier alpha value is -0.360. The summed E-state index contributed by atoms with van der Waals surface area (Å²) in [5.74, 6) is 4.35. The Morgan fingerprint density at radius 1 is 1.64 bits per heavy atom. The zero-order valence-corrected chi connectivity index (χ0v) is 7.43. The van der Waals surface area contributed by atoms with Crippen molar-refractivity contribution >= 4 is 40.4 Å². The molecular formula is C4H3Cl2N3OS. The lowest BCUT2D eigenvalue weighted by atomic mass is 10.7. The minimum Gasteiger partial charge on any atom is -0.288 e. The molecule has 0 fully saturated rings. The van der Waals surface area contributed by atoms with Crippen LogP contribution < -0.4 is 11.3 Å². The number of amides is 1. The summed E-state index contributed by atoms with van der Waals surface area (Å²) in [5.41, 5.74) is 1.91. The monoisotopic (exact) mass is 211 g/mol. The minimum atomic E-state index is -0.496. The third kappa shape index (κ3) is 1.81. The molecule has 0 saturated heterocycles. The molecule has 7 heteroatoms. The quantitative estimate of drug-likeness (QED) is 0.415. The molecule has 60 valence electrons. The second kappa shape index (κ2) is 3.36. The summed E-state index contributed by atoms with van der Waals surface area (Å²) in [7, 11) is 0. The Kier molecular flexibility index (Phi) is 2.67. The Balaban J connectivity index is 2.97. The van der Waals surface area contributed by atoms with Crippen molar-refractivity contribution in [2.24, 2.45) is 5.84 Å². The molecule has 1 amide bonds. The SMILES string of the molecule is NNC(=O)c1nc(Cl)c(Cl)s1.